The molecule has 3 atom stereocenters. The van der Waals surface area contributed by atoms with E-state index >= 15 is 0 Å². The molecule has 0 aromatic carbocycles. The summed E-state index contributed by atoms with van der Waals surface area (Å²) in [5.41, 5.74) is 0. The van der Waals surface area contributed by atoms with E-state index in [1.807, 2.05) is 33.3 Å². The summed E-state index contributed by atoms with van der Waals surface area (Å²) < 4.78 is 30.2. The van der Waals surface area contributed by atoms with Crippen molar-refractivity contribution in [1.82, 2.24) is 5.32 Å². The maximum absolute atomic E-state index is 13.5. The number of rotatable bonds is 53. The summed E-state index contributed by atoms with van der Waals surface area (Å²) >= 11 is 0. The SMILES string of the molecule is CC/C=C\C/C=C\C/C=C\C/C=C\C/C=C\CCCCCCCCCC(=O)OC(/C=C\CCCCCCCCCCC)C(COP(=O)([O-])OCC[N+](C)(C)C)NC(=O)CCCCC/C=C/C/C=C/C/C=C/C/C=C/CC. The van der Waals surface area contributed by atoms with Crippen molar-refractivity contribution < 1.29 is 37.3 Å². The minimum Gasteiger partial charge on any atom is -0.756 e. The van der Waals surface area contributed by atoms with Gasteiger partial charge in [-0.1, -0.05) is 226 Å². The number of phosphoric acid groups is 1. The van der Waals surface area contributed by atoms with Crippen molar-refractivity contribution in [2.45, 2.75) is 245 Å². The fourth-order valence-electron chi connectivity index (χ4n) is 8.01. The van der Waals surface area contributed by atoms with E-state index < -0.39 is 26.6 Å². The van der Waals surface area contributed by atoms with Crippen LogP contribution in [0.4, 0.5) is 0 Å². The number of esters is 1. The van der Waals surface area contributed by atoms with Crippen LogP contribution in [0.5, 0.6) is 0 Å². The van der Waals surface area contributed by atoms with Gasteiger partial charge in [-0.25, -0.2) is 0 Å². The van der Waals surface area contributed by atoms with Gasteiger partial charge in [-0.2, -0.15) is 0 Å². The van der Waals surface area contributed by atoms with E-state index in [9.17, 15) is 19.0 Å². The summed E-state index contributed by atoms with van der Waals surface area (Å²) in [7, 11) is 1.14. The molecule has 0 fully saturated rings. The smallest absolute Gasteiger partial charge is 0.306 e. The van der Waals surface area contributed by atoms with E-state index in [4.69, 9.17) is 13.8 Å². The average Bonchev–Trinajstić information content (AvgIpc) is 3.38. The van der Waals surface area contributed by atoms with Crippen LogP contribution in [-0.4, -0.2) is 69.4 Å². The summed E-state index contributed by atoms with van der Waals surface area (Å²) in [6.07, 6.45) is 76.0. The van der Waals surface area contributed by atoms with Gasteiger partial charge in [0.1, 0.15) is 19.3 Å². The number of carbonyl (C=O) groups is 2. The van der Waals surface area contributed by atoms with E-state index in [2.05, 4.69) is 135 Å². The topological polar surface area (TPSA) is 114 Å². The third-order valence-electron chi connectivity index (χ3n) is 12.6. The fourth-order valence-corrected chi connectivity index (χ4v) is 8.73. The number of nitrogens with zero attached hydrogens (tertiary/aromatic N) is 1. The zero-order chi connectivity index (χ0) is 55.7. The summed E-state index contributed by atoms with van der Waals surface area (Å²) in [5.74, 6) is -0.600. The number of unbranched alkanes of at least 4 members (excludes halogenated alkanes) is 19. The maximum atomic E-state index is 13.5. The Morgan fingerprint density at radius 3 is 1.28 bits per heavy atom. The standard InChI is InChI=1S/C66H113N2O7P/c1-7-10-13-16-19-22-25-27-29-31-32-33-34-35-36-37-39-41-44-47-50-53-56-59-66(70)75-64(57-54-51-48-45-42-24-21-18-15-12-9-3)63(62-74-76(71,72)73-61-60-68(4,5)6)67-65(69)58-55-52-49-46-43-40-38-30-28-26-23-20-17-14-11-8-2/h10-11,13-14,19-20,22-23,27-30,32-33,35-36,40,43,54,57,63-64H,7-9,12,15-18,21,24-26,31,34,37-39,41-42,44-53,55-56,58-62H2,1-6H3,(H-,67,69,71,72)/b13-10-,14-11+,22-19-,23-20+,29-27-,30-28+,33-32-,36-35-,43-40+,57-54-. The lowest BCUT2D eigenvalue weighted by Crippen LogP contribution is -2.47. The molecular weight excluding hydrogens is 964 g/mol. The number of allylic oxidation sites excluding steroid dienone is 19. The molecule has 0 bridgehead atoms. The lowest BCUT2D eigenvalue weighted by Gasteiger charge is -2.30. The molecule has 0 aliphatic rings. The van der Waals surface area contributed by atoms with E-state index in [0.29, 0.717) is 23.9 Å². The number of hydrogen-bond donors (Lipinski definition) is 1. The van der Waals surface area contributed by atoms with Crippen molar-refractivity contribution in [2.75, 3.05) is 40.9 Å². The number of likely N-dealkylation sites (N-methyl/N-ethyl adjacent to an activating group) is 1. The van der Waals surface area contributed by atoms with Gasteiger partial charge in [-0.3, -0.25) is 14.2 Å². The molecule has 10 heteroatoms. The van der Waals surface area contributed by atoms with Gasteiger partial charge in [0.25, 0.3) is 7.82 Å². The molecule has 0 rings (SSSR count). The Balaban J connectivity index is 5.28. The molecule has 434 valence electrons. The molecule has 0 radical (unpaired) electrons. The van der Waals surface area contributed by atoms with E-state index in [0.717, 1.165) is 122 Å². The Labute approximate surface area is 467 Å². The highest BCUT2D eigenvalue weighted by atomic mass is 31.2. The van der Waals surface area contributed by atoms with Crippen molar-refractivity contribution in [1.29, 1.82) is 0 Å². The number of nitrogens with one attached hydrogen (secondary N) is 1. The fraction of sp³-hybridized carbons (Fsp3) is 0.667. The van der Waals surface area contributed by atoms with E-state index in [1.54, 1.807) is 0 Å². The highest BCUT2D eigenvalue weighted by Crippen LogP contribution is 2.38. The van der Waals surface area contributed by atoms with E-state index in [1.165, 1.54) is 64.2 Å². The molecule has 0 aliphatic carbocycles. The Morgan fingerprint density at radius 1 is 0.474 bits per heavy atom. The molecule has 1 amide bonds. The molecule has 0 heterocycles. The molecule has 3 unspecified atom stereocenters. The zero-order valence-electron chi connectivity index (χ0n) is 49.4. The molecule has 76 heavy (non-hydrogen) atoms. The van der Waals surface area contributed by atoms with Crippen LogP contribution in [0.2, 0.25) is 0 Å². The quantitative estimate of drug-likeness (QED) is 0.0212. The number of quaternary nitrogens is 1. The second-order valence-corrected chi connectivity index (χ2v) is 22.5. The van der Waals surface area contributed by atoms with Crippen molar-refractivity contribution in [3.8, 4) is 0 Å². The predicted octanol–water partition coefficient (Wildman–Crippen LogP) is 18.1. The highest BCUT2D eigenvalue weighted by molar-refractivity contribution is 7.45. The summed E-state index contributed by atoms with van der Waals surface area (Å²) in [4.78, 5) is 39.9. The molecule has 0 aliphatic heterocycles. The lowest BCUT2D eigenvalue weighted by molar-refractivity contribution is -0.870. The van der Waals surface area contributed by atoms with Gasteiger partial charge in [0.2, 0.25) is 5.91 Å². The van der Waals surface area contributed by atoms with Crippen LogP contribution < -0.4 is 10.2 Å². The summed E-state index contributed by atoms with van der Waals surface area (Å²) in [6.45, 7) is 6.55. The van der Waals surface area contributed by atoms with Crippen LogP contribution in [0.3, 0.4) is 0 Å². The molecule has 1 N–H and O–H groups in total. The van der Waals surface area contributed by atoms with Gasteiger partial charge in [-0.05, 0) is 115 Å². The minimum absolute atomic E-state index is 0.0373. The van der Waals surface area contributed by atoms with Gasteiger partial charge in [-0.15, -0.1) is 0 Å². The van der Waals surface area contributed by atoms with Gasteiger partial charge in [0, 0.05) is 12.8 Å². The van der Waals surface area contributed by atoms with Crippen molar-refractivity contribution in [2.24, 2.45) is 0 Å². The molecule has 0 aromatic heterocycles. The summed E-state index contributed by atoms with van der Waals surface area (Å²) in [6, 6.07) is -0.918. The normalized spacial score (nSPS) is 14.6. The maximum Gasteiger partial charge on any atom is 0.306 e. The van der Waals surface area contributed by atoms with Gasteiger partial charge in [0.15, 0.2) is 0 Å². The van der Waals surface area contributed by atoms with Gasteiger partial charge in [0.05, 0.1) is 33.8 Å². The predicted molar refractivity (Wildman–Crippen MR) is 325 cm³/mol. The second kappa shape index (κ2) is 54.8. The molecule has 0 aromatic rings. The van der Waals surface area contributed by atoms with Crippen LogP contribution in [0.1, 0.15) is 233 Å². The average molecular weight is 1080 g/mol. The molecule has 0 saturated heterocycles. The van der Waals surface area contributed by atoms with Crippen LogP contribution in [0, 0.1) is 0 Å². The first kappa shape index (κ1) is 72.4. The van der Waals surface area contributed by atoms with Crippen LogP contribution in [0.15, 0.2) is 122 Å². The summed E-state index contributed by atoms with van der Waals surface area (Å²) in [5, 5.41) is 3.00. The Hall–Kier alpha value is -3.59. The monoisotopic (exact) mass is 1080 g/mol. The molecular formula is C66H113N2O7P. The molecule has 0 saturated carbocycles. The number of phosphoric ester groups is 1. The highest BCUT2D eigenvalue weighted by Gasteiger charge is 2.27. The Morgan fingerprint density at radius 2 is 0.842 bits per heavy atom. The third-order valence-corrected chi connectivity index (χ3v) is 13.6. The van der Waals surface area contributed by atoms with Gasteiger partial charge < -0.3 is 28.5 Å². The first-order valence-electron chi connectivity index (χ1n) is 30.3. The van der Waals surface area contributed by atoms with E-state index in [-0.39, 0.29) is 31.3 Å². The number of hydrogen-bond acceptors (Lipinski definition) is 7. The first-order valence-corrected chi connectivity index (χ1v) is 31.8. The molecule has 0 spiro atoms. The van der Waals surface area contributed by atoms with Crippen LogP contribution >= 0.6 is 7.82 Å². The lowest BCUT2D eigenvalue weighted by atomic mass is 10.1. The van der Waals surface area contributed by atoms with Crippen molar-refractivity contribution in [3.05, 3.63) is 122 Å². The Bertz CT molecular complexity index is 1720. The minimum atomic E-state index is -4.72. The molecule has 9 nitrogen and oxygen atoms in total. The van der Waals surface area contributed by atoms with Gasteiger partial charge >= 0.3 is 5.97 Å². The first-order chi connectivity index (χ1) is 36.9. The zero-order valence-corrected chi connectivity index (χ0v) is 50.3. The van der Waals surface area contributed by atoms with Crippen molar-refractivity contribution in [3.63, 3.8) is 0 Å². The number of ether oxygens (including phenoxy) is 1. The number of amides is 1. The Kier molecular flexibility index (Phi) is 52.2. The number of carbonyl (C=O) groups excluding carboxylic acids is 2. The van der Waals surface area contributed by atoms with Crippen molar-refractivity contribution >= 4 is 19.7 Å². The largest absolute Gasteiger partial charge is 0.756 e. The second-order valence-electron chi connectivity index (χ2n) is 21.1. The van der Waals surface area contributed by atoms with Crippen LogP contribution in [-0.2, 0) is 27.9 Å². The van der Waals surface area contributed by atoms with Crippen LogP contribution in [0.25, 0.3) is 0 Å². The third kappa shape index (κ3) is 55.2.